The third-order valence-corrected chi connectivity index (χ3v) is 2.25. The van der Waals surface area contributed by atoms with Gasteiger partial charge in [-0.15, -0.1) is 0 Å². The van der Waals surface area contributed by atoms with Crippen LogP contribution >= 0.6 is 0 Å². The summed E-state index contributed by atoms with van der Waals surface area (Å²) in [5, 5.41) is 2.64. The molecular formula is C12H11N3O2. The number of amides is 1. The smallest absolute Gasteiger partial charge is 0.258 e. The summed E-state index contributed by atoms with van der Waals surface area (Å²) in [6.07, 6.45) is 3.08. The van der Waals surface area contributed by atoms with Gasteiger partial charge in [-0.1, -0.05) is 6.07 Å². The molecular weight excluding hydrogens is 218 g/mol. The standard InChI is InChI=1S/C12H11N3O2/c1-15-8-9(5-6-11(15)16)12(17)14-10-4-2-3-7-13-10/h2-8H,1H3,(H,13,14,17). The van der Waals surface area contributed by atoms with Crippen molar-refractivity contribution in [2.45, 2.75) is 0 Å². The molecule has 0 saturated carbocycles. The Hall–Kier alpha value is -2.43. The minimum absolute atomic E-state index is 0.153. The summed E-state index contributed by atoms with van der Waals surface area (Å²) in [5.74, 6) is 0.186. The maximum absolute atomic E-state index is 11.8. The highest BCUT2D eigenvalue weighted by atomic mass is 16.2. The fraction of sp³-hybridized carbons (Fsp3) is 0.0833. The maximum atomic E-state index is 11.8. The number of pyridine rings is 2. The molecule has 0 bridgehead atoms. The van der Waals surface area contributed by atoms with Crippen molar-refractivity contribution in [3.63, 3.8) is 0 Å². The van der Waals surface area contributed by atoms with Crippen LogP contribution in [0.4, 0.5) is 5.82 Å². The first-order valence-electron chi connectivity index (χ1n) is 5.06. The fourth-order valence-corrected chi connectivity index (χ4v) is 1.35. The predicted molar refractivity (Wildman–Crippen MR) is 63.9 cm³/mol. The monoisotopic (exact) mass is 229 g/mol. The van der Waals surface area contributed by atoms with Gasteiger partial charge >= 0.3 is 0 Å². The van der Waals surface area contributed by atoms with Crippen LogP contribution in [-0.4, -0.2) is 15.5 Å². The maximum Gasteiger partial charge on any atom is 0.258 e. The van der Waals surface area contributed by atoms with Crippen molar-refractivity contribution in [1.82, 2.24) is 9.55 Å². The minimum Gasteiger partial charge on any atom is -0.318 e. The number of anilines is 1. The van der Waals surface area contributed by atoms with Crippen LogP contribution in [0.15, 0.2) is 47.5 Å². The molecule has 0 aliphatic heterocycles. The van der Waals surface area contributed by atoms with Crippen LogP contribution in [0.25, 0.3) is 0 Å². The Labute approximate surface area is 97.7 Å². The molecule has 1 N–H and O–H groups in total. The molecule has 0 saturated heterocycles. The van der Waals surface area contributed by atoms with E-state index in [9.17, 15) is 9.59 Å². The molecule has 86 valence electrons. The Morgan fingerprint density at radius 1 is 1.29 bits per heavy atom. The largest absolute Gasteiger partial charge is 0.318 e. The van der Waals surface area contributed by atoms with Gasteiger partial charge in [0.05, 0.1) is 5.56 Å². The number of carbonyl (C=O) groups excluding carboxylic acids is 1. The molecule has 0 spiro atoms. The molecule has 2 heterocycles. The minimum atomic E-state index is -0.292. The van der Waals surface area contributed by atoms with Gasteiger partial charge in [0.25, 0.3) is 5.91 Å². The van der Waals surface area contributed by atoms with Crippen LogP contribution in [0.3, 0.4) is 0 Å². The van der Waals surface area contributed by atoms with E-state index in [1.807, 2.05) is 0 Å². The van der Waals surface area contributed by atoms with Gasteiger partial charge < -0.3 is 9.88 Å². The average Bonchev–Trinajstić information content (AvgIpc) is 2.34. The summed E-state index contributed by atoms with van der Waals surface area (Å²) in [5.41, 5.74) is 0.261. The molecule has 5 heteroatoms. The number of carbonyl (C=O) groups is 1. The van der Waals surface area contributed by atoms with E-state index in [0.717, 1.165) is 0 Å². The lowest BCUT2D eigenvalue weighted by atomic mass is 10.2. The Morgan fingerprint density at radius 3 is 2.76 bits per heavy atom. The van der Waals surface area contributed by atoms with Crippen molar-refractivity contribution < 1.29 is 4.79 Å². The van der Waals surface area contributed by atoms with E-state index in [0.29, 0.717) is 11.4 Å². The zero-order valence-corrected chi connectivity index (χ0v) is 9.25. The number of aryl methyl sites for hydroxylation is 1. The first-order valence-corrected chi connectivity index (χ1v) is 5.06. The molecule has 2 aromatic heterocycles. The molecule has 0 aromatic carbocycles. The first-order chi connectivity index (χ1) is 8.16. The second kappa shape index (κ2) is 4.61. The first kappa shape index (κ1) is 11.1. The van der Waals surface area contributed by atoms with Gasteiger partial charge in [-0.25, -0.2) is 4.98 Å². The number of nitrogens with zero attached hydrogens (tertiary/aromatic N) is 2. The van der Waals surface area contributed by atoms with Crippen molar-refractivity contribution in [1.29, 1.82) is 0 Å². The highest BCUT2D eigenvalue weighted by Crippen LogP contribution is 2.03. The molecule has 17 heavy (non-hydrogen) atoms. The second-order valence-electron chi connectivity index (χ2n) is 3.54. The van der Waals surface area contributed by atoms with Gasteiger partial charge in [-0.3, -0.25) is 9.59 Å². The fourth-order valence-electron chi connectivity index (χ4n) is 1.35. The lowest BCUT2D eigenvalue weighted by molar-refractivity contribution is 0.102. The van der Waals surface area contributed by atoms with Gasteiger partial charge in [0.1, 0.15) is 5.82 Å². The third-order valence-electron chi connectivity index (χ3n) is 2.25. The summed E-state index contributed by atoms with van der Waals surface area (Å²) in [4.78, 5) is 27.0. The Balaban J connectivity index is 2.21. The SMILES string of the molecule is Cn1cc(C(=O)Nc2ccccn2)ccc1=O. The quantitative estimate of drug-likeness (QED) is 0.836. The molecule has 2 rings (SSSR count). The second-order valence-corrected chi connectivity index (χ2v) is 3.54. The Morgan fingerprint density at radius 2 is 2.12 bits per heavy atom. The van der Waals surface area contributed by atoms with Gasteiger partial charge in [-0.2, -0.15) is 0 Å². The lowest BCUT2D eigenvalue weighted by Crippen LogP contribution is -2.19. The summed E-state index contributed by atoms with van der Waals surface area (Å²) in [6, 6.07) is 8.08. The molecule has 5 nitrogen and oxygen atoms in total. The Kier molecular flexibility index (Phi) is 3.00. The van der Waals surface area contributed by atoms with E-state index in [2.05, 4.69) is 10.3 Å². The van der Waals surface area contributed by atoms with E-state index in [1.165, 1.54) is 22.9 Å². The molecule has 0 aliphatic rings. The van der Waals surface area contributed by atoms with Gasteiger partial charge in [0.2, 0.25) is 5.56 Å². The van der Waals surface area contributed by atoms with Crippen LogP contribution in [-0.2, 0) is 7.05 Å². The predicted octanol–water partition coefficient (Wildman–Crippen LogP) is 1.03. The molecule has 0 unspecified atom stereocenters. The molecule has 0 aliphatic carbocycles. The van der Waals surface area contributed by atoms with Crippen LogP contribution in [0.2, 0.25) is 0 Å². The summed E-state index contributed by atoms with van der Waals surface area (Å²) in [7, 11) is 1.60. The van der Waals surface area contributed by atoms with Crippen LogP contribution in [0.5, 0.6) is 0 Å². The molecule has 0 radical (unpaired) electrons. The van der Waals surface area contributed by atoms with Gasteiger partial charge in [-0.05, 0) is 18.2 Å². The highest BCUT2D eigenvalue weighted by molar-refractivity contribution is 6.03. The number of aromatic nitrogens is 2. The zero-order valence-electron chi connectivity index (χ0n) is 9.25. The number of nitrogens with one attached hydrogen (secondary N) is 1. The third kappa shape index (κ3) is 2.57. The van der Waals surface area contributed by atoms with E-state index in [1.54, 1.807) is 31.4 Å². The zero-order chi connectivity index (χ0) is 12.3. The van der Waals surface area contributed by atoms with Crippen molar-refractivity contribution in [3.8, 4) is 0 Å². The van der Waals surface area contributed by atoms with Crippen LogP contribution < -0.4 is 10.9 Å². The molecule has 0 fully saturated rings. The molecule has 2 aromatic rings. The number of rotatable bonds is 2. The van der Waals surface area contributed by atoms with E-state index < -0.39 is 0 Å². The summed E-state index contributed by atoms with van der Waals surface area (Å²) < 4.78 is 1.35. The van der Waals surface area contributed by atoms with Crippen LogP contribution in [0.1, 0.15) is 10.4 Å². The average molecular weight is 229 g/mol. The van der Waals surface area contributed by atoms with Crippen molar-refractivity contribution in [2.75, 3.05) is 5.32 Å². The topological polar surface area (TPSA) is 64.0 Å². The normalized spacial score (nSPS) is 9.94. The molecule has 1 amide bonds. The number of hydrogen-bond donors (Lipinski definition) is 1. The van der Waals surface area contributed by atoms with E-state index in [-0.39, 0.29) is 11.5 Å². The summed E-state index contributed by atoms with van der Waals surface area (Å²) in [6.45, 7) is 0. The number of hydrogen-bond acceptors (Lipinski definition) is 3. The van der Waals surface area contributed by atoms with Gasteiger partial charge in [0, 0.05) is 25.5 Å². The van der Waals surface area contributed by atoms with Gasteiger partial charge in [0.15, 0.2) is 0 Å². The van der Waals surface area contributed by atoms with Crippen molar-refractivity contribution in [2.24, 2.45) is 7.05 Å². The van der Waals surface area contributed by atoms with Crippen molar-refractivity contribution in [3.05, 3.63) is 58.6 Å². The molecule has 0 atom stereocenters. The van der Waals surface area contributed by atoms with Crippen LogP contribution in [0, 0.1) is 0 Å². The van der Waals surface area contributed by atoms with Crippen molar-refractivity contribution >= 4 is 11.7 Å². The van der Waals surface area contributed by atoms with E-state index >= 15 is 0 Å². The lowest BCUT2D eigenvalue weighted by Gasteiger charge is -2.04. The summed E-state index contributed by atoms with van der Waals surface area (Å²) >= 11 is 0. The highest BCUT2D eigenvalue weighted by Gasteiger charge is 2.07. The Bertz CT molecular complexity index is 590. The van der Waals surface area contributed by atoms with E-state index in [4.69, 9.17) is 0 Å².